The number of rotatable bonds is 5. The van der Waals surface area contributed by atoms with Crippen LogP contribution in [-0.4, -0.2) is 38.0 Å². The third-order valence-corrected chi connectivity index (χ3v) is 6.74. The van der Waals surface area contributed by atoms with Crippen LogP contribution < -0.4 is 9.47 Å². The highest BCUT2D eigenvalue weighted by Gasteiger charge is 2.45. The van der Waals surface area contributed by atoms with E-state index in [2.05, 4.69) is 0 Å². The lowest BCUT2D eigenvalue weighted by molar-refractivity contribution is 0.171. The molecular weight excluding hydrogens is 302 g/mol. The van der Waals surface area contributed by atoms with E-state index in [9.17, 15) is 8.42 Å². The van der Waals surface area contributed by atoms with Crippen LogP contribution in [0.2, 0.25) is 0 Å². The Balaban J connectivity index is 1.69. The molecule has 1 aromatic rings. The van der Waals surface area contributed by atoms with E-state index in [1.165, 1.54) is 0 Å². The summed E-state index contributed by atoms with van der Waals surface area (Å²) in [5, 5.41) is 0. The topological polar surface area (TPSA) is 55.8 Å². The van der Waals surface area contributed by atoms with Gasteiger partial charge in [0, 0.05) is 18.2 Å². The third kappa shape index (κ3) is 2.48. The fraction of sp³-hybridized carbons (Fsp3) is 0.625. The molecule has 0 N–H and O–H groups in total. The predicted molar refractivity (Wildman–Crippen MR) is 81.7 cm³/mol. The smallest absolute Gasteiger partial charge is 0.243 e. The highest BCUT2D eigenvalue weighted by Crippen LogP contribution is 2.43. The molecule has 4 rings (SSSR count). The van der Waals surface area contributed by atoms with Crippen molar-refractivity contribution in [3.63, 3.8) is 0 Å². The molecule has 1 atom stereocenters. The Bertz CT molecular complexity index is 679. The van der Waals surface area contributed by atoms with Crippen LogP contribution in [0.5, 0.6) is 11.5 Å². The van der Waals surface area contributed by atoms with Crippen molar-refractivity contribution < 1.29 is 17.9 Å². The Kier molecular flexibility index (Phi) is 3.34. The van der Waals surface area contributed by atoms with Crippen molar-refractivity contribution >= 4 is 10.0 Å². The molecule has 2 aliphatic carbocycles. The fourth-order valence-electron chi connectivity index (χ4n) is 3.17. The quantitative estimate of drug-likeness (QED) is 0.835. The molecule has 6 heteroatoms. The first-order valence-corrected chi connectivity index (χ1v) is 9.44. The van der Waals surface area contributed by atoms with Crippen LogP contribution >= 0.6 is 0 Å². The molecule has 5 nitrogen and oxygen atoms in total. The van der Waals surface area contributed by atoms with Gasteiger partial charge in [0.25, 0.3) is 0 Å². The second-order valence-corrected chi connectivity index (χ2v) is 8.29. The van der Waals surface area contributed by atoms with Gasteiger partial charge in [0.1, 0.15) is 13.2 Å². The standard InChI is InChI=1S/C16H21NO4S/c1-11(12-2-3-12)17(13-4-5-13)22(18,19)14-6-7-15-16(10-14)21-9-8-20-15/h6-7,10-13H,2-5,8-9H2,1H3/t11-/m0/s1. The Morgan fingerprint density at radius 1 is 1.09 bits per heavy atom. The summed E-state index contributed by atoms with van der Waals surface area (Å²) >= 11 is 0. The number of benzene rings is 1. The van der Waals surface area contributed by atoms with Crippen LogP contribution in [0, 0.1) is 5.92 Å². The minimum atomic E-state index is -3.48. The predicted octanol–water partition coefficient (Wildman–Crippen LogP) is 2.41. The van der Waals surface area contributed by atoms with Gasteiger partial charge in [-0.15, -0.1) is 0 Å². The number of fused-ring (bicyclic) bond motifs is 1. The number of hydrogen-bond donors (Lipinski definition) is 0. The molecule has 1 aromatic carbocycles. The van der Waals surface area contributed by atoms with Crippen LogP contribution in [0.3, 0.4) is 0 Å². The molecule has 0 unspecified atom stereocenters. The monoisotopic (exact) mass is 323 g/mol. The van der Waals surface area contributed by atoms with Gasteiger partial charge in [0.2, 0.25) is 10.0 Å². The van der Waals surface area contributed by atoms with Crippen LogP contribution in [0.25, 0.3) is 0 Å². The number of hydrogen-bond acceptors (Lipinski definition) is 4. The van der Waals surface area contributed by atoms with E-state index in [1.807, 2.05) is 6.92 Å². The zero-order valence-electron chi connectivity index (χ0n) is 12.7. The molecule has 0 aromatic heterocycles. The zero-order chi connectivity index (χ0) is 15.3. The van der Waals surface area contributed by atoms with Crippen LogP contribution in [-0.2, 0) is 10.0 Å². The van der Waals surface area contributed by atoms with E-state index in [4.69, 9.17) is 9.47 Å². The van der Waals surface area contributed by atoms with Gasteiger partial charge in [-0.3, -0.25) is 0 Å². The summed E-state index contributed by atoms with van der Waals surface area (Å²) in [6, 6.07) is 5.21. The van der Waals surface area contributed by atoms with Gasteiger partial charge in [-0.1, -0.05) is 0 Å². The molecular formula is C16H21NO4S. The van der Waals surface area contributed by atoms with Gasteiger partial charge in [-0.25, -0.2) is 8.42 Å². The third-order valence-electron chi connectivity index (χ3n) is 4.70. The van der Waals surface area contributed by atoms with E-state index in [1.54, 1.807) is 22.5 Å². The van der Waals surface area contributed by atoms with Crippen LogP contribution in [0.15, 0.2) is 23.1 Å². The molecule has 0 bridgehead atoms. The molecule has 3 aliphatic rings. The number of ether oxygens (including phenoxy) is 2. The first-order chi connectivity index (χ1) is 10.6. The van der Waals surface area contributed by atoms with Crippen LogP contribution in [0.1, 0.15) is 32.6 Å². The van der Waals surface area contributed by atoms with E-state index in [-0.39, 0.29) is 12.1 Å². The maximum atomic E-state index is 13.1. The Labute approximate surface area is 131 Å². The summed E-state index contributed by atoms with van der Waals surface area (Å²) in [6.45, 7) is 3.01. The van der Waals surface area contributed by atoms with Crippen molar-refractivity contribution in [3.8, 4) is 11.5 Å². The Morgan fingerprint density at radius 3 is 2.41 bits per heavy atom. The van der Waals surface area contributed by atoms with Crippen molar-refractivity contribution in [1.82, 2.24) is 4.31 Å². The lowest BCUT2D eigenvalue weighted by Gasteiger charge is -2.29. The molecule has 2 saturated carbocycles. The number of nitrogens with zero attached hydrogens (tertiary/aromatic N) is 1. The van der Waals surface area contributed by atoms with Gasteiger partial charge >= 0.3 is 0 Å². The molecule has 2 fully saturated rings. The average molecular weight is 323 g/mol. The number of sulfonamides is 1. The van der Waals surface area contributed by atoms with Crippen LogP contribution in [0.4, 0.5) is 0 Å². The molecule has 0 saturated heterocycles. The first-order valence-electron chi connectivity index (χ1n) is 8.00. The average Bonchev–Trinajstić information content (AvgIpc) is 3.38. The molecule has 1 heterocycles. The molecule has 0 spiro atoms. The van der Waals surface area contributed by atoms with Gasteiger partial charge < -0.3 is 9.47 Å². The van der Waals surface area contributed by atoms with E-state index >= 15 is 0 Å². The minimum absolute atomic E-state index is 0.0886. The maximum absolute atomic E-state index is 13.1. The second-order valence-electron chi connectivity index (χ2n) is 6.45. The maximum Gasteiger partial charge on any atom is 0.243 e. The Hall–Kier alpha value is -1.27. The lowest BCUT2D eigenvalue weighted by atomic mass is 10.2. The second kappa shape index (κ2) is 5.13. The van der Waals surface area contributed by atoms with Gasteiger partial charge in [-0.05, 0) is 50.7 Å². The van der Waals surface area contributed by atoms with Crippen molar-refractivity contribution in [1.29, 1.82) is 0 Å². The highest BCUT2D eigenvalue weighted by atomic mass is 32.2. The highest BCUT2D eigenvalue weighted by molar-refractivity contribution is 7.89. The molecule has 120 valence electrons. The fourth-order valence-corrected chi connectivity index (χ4v) is 5.12. The summed E-state index contributed by atoms with van der Waals surface area (Å²) in [5.74, 6) is 1.67. The Morgan fingerprint density at radius 2 is 1.77 bits per heavy atom. The SMILES string of the molecule is C[C@@H](C1CC1)N(C1CC1)S(=O)(=O)c1ccc2c(c1)OCCO2. The summed E-state index contributed by atoms with van der Waals surface area (Å²) < 4.78 is 39.0. The van der Waals surface area contributed by atoms with E-state index in [0.29, 0.717) is 35.5 Å². The molecule has 1 aliphatic heterocycles. The van der Waals surface area contributed by atoms with Gasteiger partial charge in [0.05, 0.1) is 4.90 Å². The van der Waals surface area contributed by atoms with E-state index < -0.39 is 10.0 Å². The van der Waals surface area contributed by atoms with Crippen molar-refractivity contribution in [2.24, 2.45) is 5.92 Å². The molecule has 0 radical (unpaired) electrons. The summed E-state index contributed by atoms with van der Waals surface area (Å²) in [7, 11) is -3.48. The van der Waals surface area contributed by atoms with Gasteiger partial charge in [-0.2, -0.15) is 4.31 Å². The largest absolute Gasteiger partial charge is 0.486 e. The first kappa shape index (κ1) is 14.3. The summed E-state index contributed by atoms with van der Waals surface area (Å²) in [5.41, 5.74) is 0. The van der Waals surface area contributed by atoms with Gasteiger partial charge in [0.15, 0.2) is 11.5 Å². The molecule has 0 amide bonds. The minimum Gasteiger partial charge on any atom is -0.486 e. The normalized spacial score (nSPS) is 22.6. The van der Waals surface area contributed by atoms with Crippen molar-refractivity contribution in [2.75, 3.05) is 13.2 Å². The van der Waals surface area contributed by atoms with E-state index in [0.717, 1.165) is 25.7 Å². The van der Waals surface area contributed by atoms with Crippen molar-refractivity contribution in [2.45, 2.75) is 49.6 Å². The molecule has 22 heavy (non-hydrogen) atoms. The lowest BCUT2D eigenvalue weighted by Crippen LogP contribution is -2.41. The summed E-state index contributed by atoms with van der Waals surface area (Å²) in [4.78, 5) is 0.316. The zero-order valence-corrected chi connectivity index (χ0v) is 13.5. The summed E-state index contributed by atoms with van der Waals surface area (Å²) in [6.07, 6.45) is 4.23. The van der Waals surface area contributed by atoms with Crippen molar-refractivity contribution in [3.05, 3.63) is 18.2 Å².